The first-order valence-corrected chi connectivity index (χ1v) is 6.58. The number of aromatic nitrogens is 2. The van der Waals surface area contributed by atoms with Crippen LogP contribution in [0.4, 0.5) is 4.39 Å². The van der Waals surface area contributed by atoms with Gasteiger partial charge in [-0.2, -0.15) is 0 Å². The van der Waals surface area contributed by atoms with Crippen LogP contribution in [-0.4, -0.2) is 9.97 Å². The van der Waals surface area contributed by atoms with E-state index in [1.165, 1.54) is 6.07 Å². The number of halogens is 1. The highest BCUT2D eigenvalue weighted by Gasteiger charge is 2.21. The molecule has 106 valence electrons. The van der Waals surface area contributed by atoms with Gasteiger partial charge >= 0.3 is 0 Å². The van der Waals surface area contributed by atoms with Crippen LogP contribution in [0.15, 0.2) is 23.0 Å². The molecule has 0 amide bonds. The van der Waals surface area contributed by atoms with E-state index < -0.39 is 0 Å². The first-order chi connectivity index (χ1) is 9.20. The molecule has 0 radical (unpaired) electrons. The van der Waals surface area contributed by atoms with Gasteiger partial charge in [0, 0.05) is 16.5 Å². The number of nitrogens with zero attached hydrogens (tertiary/aromatic N) is 1. The number of nitrogens with one attached hydrogen (secondary N) is 1. The zero-order valence-corrected chi connectivity index (χ0v) is 12.5. The second kappa shape index (κ2) is 4.85. The third kappa shape index (κ3) is 2.64. The van der Waals surface area contributed by atoms with Gasteiger partial charge in [0.2, 0.25) is 0 Å². The highest BCUT2D eigenvalue weighted by molar-refractivity contribution is 5.64. The highest BCUT2D eigenvalue weighted by atomic mass is 19.1. The van der Waals surface area contributed by atoms with Crippen molar-refractivity contribution in [2.45, 2.75) is 40.0 Å². The molecule has 0 fully saturated rings. The van der Waals surface area contributed by atoms with Crippen LogP contribution in [0.25, 0.3) is 11.3 Å². The molecule has 0 saturated heterocycles. The van der Waals surface area contributed by atoms with Crippen LogP contribution in [0.1, 0.15) is 37.7 Å². The third-order valence-electron chi connectivity index (χ3n) is 3.24. The monoisotopic (exact) mass is 274 g/mol. The van der Waals surface area contributed by atoms with Crippen LogP contribution in [0.2, 0.25) is 0 Å². The summed E-state index contributed by atoms with van der Waals surface area (Å²) in [6.45, 7) is 9.41. The molecule has 1 N–H and O–H groups in total. The standard InChI is InChI=1S/C16H19FN2O/c1-9-6-7-12(17)11(8-9)13-10(2)14(20)19-15(18-13)16(3,4)5/h6-8H,1-5H3,(H,18,19,20). The minimum absolute atomic E-state index is 0.221. The molecule has 1 aromatic heterocycles. The zero-order valence-electron chi connectivity index (χ0n) is 12.5. The molecule has 0 atom stereocenters. The Morgan fingerprint density at radius 1 is 1.20 bits per heavy atom. The van der Waals surface area contributed by atoms with Crippen molar-refractivity contribution in [3.8, 4) is 11.3 Å². The highest BCUT2D eigenvalue weighted by Crippen LogP contribution is 2.26. The lowest BCUT2D eigenvalue weighted by molar-refractivity contribution is 0.542. The largest absolute Gasteiger partial charge is 0.310 e. The van der Waals surface area contributed by atoms with Crippen molar-refractivity contribution in [2.75, 3.05) is 0 Å². The first kappa shape index (κ1) is 14.4. The Morgan fingerprint density at radius 2 is 1.85 bits per heavy atom. The number of H-pyrrole nitrogens is 1. The molecule has 0 aliphatic carbocycles. The van der Waals surface area contributed by atoms with Crippen LogP contribution in [0.3, 0.4) is 0 Å². The fourth-order valence-corrected chi connectivity index (χ4v) is 1.97. The molecular formula is C16H19FN2O. The summed E-state index contributed by atoms with van der Waals surface area (Å²) in [5, 5.41) is 0. The number of hydrogen-bond donors (Lipinski definition) is 1. The van der Waals surface area contributed by atoms with Gasteiger partial charge in [-0.25, -0.2) is 9.37 Å². The molecule has 1 aromatic carbocycles. The lowest BCUT2D eigenvalue weighted by Gasteiger charge is -2.19. The van der Waals surface area contributed by atoms with Crippen LogP contribution < -0.4 is 5.56 Å². The van der Waals surface area contributed by atoms with E-state index >= 15 is 0 Å². The van der Waals surface area contributed by atoms with Crippen molar-refractivity contribution in [2.24, 2.45) is 0 Å². The fraction of sp³-hybridized carbons (Fsp3) is 0.375. The Morgan fingerprint density at radius 3 is 2.45 bits per heavy atom. The SMILES string of the molecule is Cc1ccc(F)c(-c2nc(C(C)(C)C)[nH]c(=O)c2C)c1. The first-order valence-electron chi connectivity index (χ1n) is 6.58. The molecule has 2 aromatic rings. The molecule has 0 aliphatic heterocycles. The maximum Gasteiger partial charge on any atom is 0.254 e. The van der Waals surface area contributed by atoms with E-state index in [1.807, 2.05) is 27.7 Å². The normalized spacial score (nSPS) is 11.7. The van der Waals surface area contributed by atoms with Crippen molar-refractivity contribution in [1.29, 1.82) is 0 Å². The third-order valence-corrected chi connectivity index (χ3v) is 3.24. The fourth-order valence-electron chi connectivity index (χ4n) is 1.97. The van der Waals surface area contributed by atoms with Gasteiger partial charge in [0.1, 0.15) is 11.6 Å². The minimum Gasteiger partial charge on any atom is -0.310 e. The average molecular weight is 274 g/mol. The predicted octanol–water partition coefficient (Wildman–Crippen LogP) is 3.49. The Labute approximate surface area is 117 Å². The molecule has 3 nitrogen and oxygen atoms in total. The maximum absolute atomic E-state index is 14.0. The van der Waals surface area contributed by atoms with E-state index in [0.717, 1.165) is 5.56 Å². The number of aryl methyl sites for hydroxylation is 1. The Balaban J connectivity index is 2.77. The van der Waals surface area contributed by atoms with Gasteiger partial charge < -0.3 is 4.98 Å². The maximum atomic E-state index is 14.0. The second-order valence-corrected chi connectivity index (χ2v) is 6.12. The van der Waals surface area contributed by atoms with Gasteiger partial charge in [-0.15, -0.1) is 0 Å². The molecular weight excluding hydrogens is 255 g/mol. The molecule has 0 spiro atoms. The summed E-state index contributed by atoms with van der Waals surface area (Å²) in [5.41, 5.74) is 1.63. The quantitative estimate of drug-likeness (QED) is 0.865. The summed E-state index contributed by atoms with van der Waals surface area (Å²) < 4.78 is 14.0. The van der Waals surface area contributed by atoms with Gasteiger partial charge in [0.05, 0.1) is 5.69 Å². The van der Waals surface area contributed by atoms with Crippen LogP contribution in [-0.2, 0) is 5.41 Å². The van der Waals surface area contributed by atoms with Crippen molar-refractivity contribution in [1.82, 2.24) is 9.97 Å². The second-order valence-electron chi connectivity index (χ2n) is 6.12. The summed E-state index contributed by atoms with van der Waals surface area (Å²) in [7, 11) is 0. The summed E-state index contributed by atoms with van der Waals surface area (Å²) in [5.74, 6) is 0.195. The lowest BCUT2D eigenvalue weighted by Crippen LogP contribution is -2.24. The van der Waals surface area contributed by atoms with E-state index in [4.69, 9.17) is 0 Å². The van der Waals surface area contributed by atoms with Gasteiger partial charge in [-0.3, -0.25) is 4.79 Å². The minimum atomic E-state index is -0.364. The summed E-state index contributed by atoms with van der Waals surface area (Å²) in [6.07, 6.45) is 0. The van der Waals surface area contributed by atoms with Gasteiger partial charge in [0.15, 0.2) is 0 Å². The molecule has 0 bridgehead atoms. The van der Waals surface area contributed by atoms with Crippen molar-refractivity contribution < 1.29 is 4.39 Å². The Hall–Kier alpha value is -1.97. The topological polar surface area (TPSA) is 45.8 Å². The number of hydrogen-bond acceptors (Lipinski definition) is 2. The van der Waals surface area contributed by atoms with Gasteiger partial charge in [-0.1, -0.05) is 32.4 Å². The Kier molecular flexibility index (Phi) is 3.50. The van der Waals surface area contributed by atoms with Crippen molar-refractivity contribution in [3.63, 3.8) is 0 Å². The smallest absolute Gasteiger partial charge is 0.254 e. The number of aromatic amines is 1. The van der Waals surface area contributed by atoms with Crippen molar-refractivity contribution in [3.05, 3.63) is 51.3 Å². The molecule has 0 aliphatic rings. The van der Waals surface area contributed by atoms with E-state index in [9.17, 15) is 9.18 Å². The molecule has 4 heteroatoms. The van der Waals surface area contributed by atoms with Gasteiger partial charge in [-0.05, 0) is 26.0 Å². The molecule has 1 heterocycles. The zero-order chi connectivity index (χ0) is 15.1. The van der Waals surface area contributed by atoms with E-state index in [2.05, 4.69) is 9.97 Å². The molecule has 0 saturated carbocycles. The summed E-state index contributed by atoms with van der Waals surface area (Å²) in [4.78, 5) is 19.3. The molecule has 20 heavy (non-hydrogen) atoms. The Bertz CT molecular complexity index is 711. The lowest BCUT2D eigenvalue weighted by atomic mass is 9.95. The van der Waals surface area contributed by atoms with E-state index in [0.29, 0.717) is 22.6 Å². The number of benzene rings is 1. The van der Waals surface area contributed by atoms with Crippen LogP contribution in [0, 0.1) is 19.7 Å². The molecule has 0 unspecified atom stereocenters. The summed E-state index contributed by atoms with van der Waals surface area (Å²) in [6, 6.07) is 4.83. The van der Waals surface area contributed by atoms with E-state index in [1.54, 1.807) is 19.1 Å². The van der Waals surface area contributed by atoms with Crippen LogP contribution >= 0.6 is 0 Å². The average Bonchev–Trinajstić information content (AvgIpc) is 2.34. The number of rotatable bonds is 1. The predicted molar refractivity (Wildman–Crippen MR) is 78.4 cm³/mol. The van der Waals surface area contributed by atoms with E-state index in [-0.39, 0.29) is 16.8 Å². The summed E-state index contributed by atoms with van der Waals surface area (Å²) >= 11 is 0. The van der Waals surface area contributed by atoms with Gasteiger partial charge in [0.25, 0.3) is 5.56 Å². The van der Waals surface area contributed by atoms with Crippen LogP contribution in [0.5, 0.6) is 0 Å². The van der Waals surface area contributed by atoms with Crippen molar-refractivity contribution >= 4 is 0 Å². The molecule has 2 rings (SSSR count).